The van der Waals surface area contributed by atoms with Crippen molar-refractivity contribution in [3.63, 3.8) is 0 Å². The molecule has 0 aromatic rings. The Kier molecular flexibility index (Phi) is 55.8. The van der Waals surface area contributed by atoms with Crippen molar-refractivity contribution in [1.82, 2.24) is 0 Å². The summed E-state index contributed by atoms with van der Waals surface area (Å²) in [6, 6.07) is 0. The minimum absolute atomic E-state index is 0.0829. The minimum Gasteiger partial charge on any atom is -0.462 e. The van der Waals surface area contributed by atoms with E-state index in [9.17, 15) is 14.4 Å². The van der Waals surface area contributed by atoms with Gasteiger partial charge in [0.2, 0.25) is 0 Å². The van der Waals surface area contributed by atoms with Gasteiger partial charge in [0.15, 0.2) is 6.10 Å². The van der Waals surface area contributed by atoms with Crippen LogP contribution in [0, 0.1) is 0 Å². The van der Waals surface area contributed by atoms with Gasteiger partial charge in [-0.1, -0.05) is 254 Å². The van der Waals surface area contributed by atoms with E-state index >= 15 is 0 Å². The van der Waals surface area contributed by atoms with E-state index in [1.807, 2.05) is 0 Å². The van der Waals surface area contributed by atoms with Crippen molar-refractivity contribution in [1.29, 1.82) is 0 Å². The van der Waals surface area contributed by atoms with E-state index in [-0.39, 0.29) is 31.1 Å². The molecule has 6 heteroatoms. The van der Waals surface area contributed by atoms with Crippen LogP contribution in [-0.4, -0.2) is 37.2 Å². The first-order valence-electron chi connectivity index (χ1n) is 29.9. The van der Waals surface area contributed by atoms with Crippen LogP contribution in [0.1, 0.15) is 297 Å². The van der Waals surface area contributed by atoms with Gasteiger partial charge in [-0.2, -0.15) is 0 Å². The van der Waals surface area contributed by atoms with E-state index in [4.69, 9.17) is 14.2 Å². The third-order valence-corrected chi connectivity index (χ3v) is 12.9. The van der Waals surface area contributed by atoms with E-state index in [2.05, 4.69) is 93.7 Å². The number of carbonyl (C=O) groups is 3. The summed E-state index contributed by atoms with van der Waals surface area (Å²) in [5.74, 6) is -0.897. The lowest BCUT2D eigenvalue weighted by atomic mass is 10.0. The number of hydrogen-bond donors (Lipinski definition) is 0. The number of hydrogen-bond acceptors (Lipinski definition) is 6. The molecule has 0 rings (SSSR count). The summed E-state index contributed by atoms with van der Waals surface area (Å²) < 4.78 is 16.9. The maximum atomic E-state index is 12.9. The zero-order valence-corrected chi connectivity index (χ0v) is 46.3. The van der Waals surface area contributed by atoms with Crippen molar-refractivity contribution < 1.29 is 28.6 Å². The molecule has 0 aromatic carbocycles. The van der Waals surface area contributed by atoms with Crippen LogP contribution >= 0.6 is 0 Å². The summed E-state index contributed by atoms with van der Waals surface area (Å²) in [4.78, 5) is 38.2. The van der Waals surface area contributed by atoms with Gasteiger partial charge in [0, 0.05) is 19.3 Å². The average Bonchev–Trinajstić information content (AvgIpc) is 3.36. The number of unbranched alkanes of at least 4 members (excludes halogenated alkanes) is 31. The Balaban J connectivity index is 4.41. The van der Waals surface area contributed by atoms with E-state index in [0.717, 1.165) is 103 Å². The van der Waals surface area contributed by atoms with Crippen LogP contribution in [0.4, 0.5) is 0 Å². The Morgan fingerprint density at radius 1 is 0.286 bits per heavy atom. The van der Waals surface area contributed by atoms with Gasteiger partial charge < -0.3 is 14.2 Å². The molecule has 0 bridgehead atoms. The van der Waals surface area contributed by atoms with Gasteiger partial charge in [0.1, 0.15) is 13.2 Å². The second-order valence-electron chi connectivity index (χ2n) is 19.9. The quantitative estimate of drug-likeness (QED) is 0.0261. The number of rotatable bonds is 54. The second kappa shape index (κ2) is 58.4. The summed E-state index contributed by atoms with van der Waals surface area (Å²) in [7, 11) is 0. The Bertz CT molecular complexity index is 1310. The van der Waals surface area contributed by atoms with Gasteiger partial charge in [0.05, 0.1) is 0 Å². The number of carbonyl (C=O) groups excluding carboxylic acids is 3. The molecule has 0 aliphatic carbocycles. The molecule has 404 valence electrons. The third-order valence-electron chi connectivity index (χ3n) is 12.9. The predicted octanol–water partition coefficient (Wildman–Crippen LogP) is 20.2. The topological polar surface area (TPSA) is 78.9 Å². The van der Waals surface area contributed by atoms with Crippen LogP contribution < -0.4 is 0 Å². The van der Waals surface area contributed by atoms with E-state index in [0.29, 0.717) is 19.3 Å². The Morgan fingerprint density at radius 3 is 0.829 bits per heavy atom. The summed E-state index contributed by atoms with van der Waals surface area (Å²) >= 11 is 0. The number of esters is 3. The van der Waals surface area contributed by atoms with Crippen molar-refractivity contribution in [2.75, 3.05) is 13.2 Å². The predicted molar refractivity (Wildman–Crippen MR) is 302 cm³/mol. The zero-order valence-electron chi connectivity index (χ0n) is 46.3. The second-order valence-corrected chi connectivity index (χ2v) is 19.9. The largest absolute Gasteiger partial charge is 0.462 e. The summed E-state index contributed by atoms with van der Waals surface area (Å²) in [5.41, 5.74) is 0. The SMILES string of the molecule is CCCCC/C=C\C/C=C\C/C=C\CCCCCCCCC(=O)OCC(COC(=O)CCCCCCCCCCCCCCCC)OC(=O)CCCCCCCC/C=C\C/C=C\C/C=C\CCCCC. The molecule has 70 heavy (non-hydrogen) atoms. The molecule has 6 nitrogen and oxygen atoms in total. The third kappa shape index (κ3) is 55.8. The highest BCUT2D eigenvalue weighted by Gasteiger charge is 2.19. The van der Waals surface area contributed by atoms with Crippen molar-refractivity contribution in [3.8, 4) is 0 Å². The lowest BCUT2D eigenvalue weighted by molar-refractivity contribution is -0.167. The first-order valence-corrected chi connectivity index (χ1v) is 29.9. The summed E-state index contributed by atoms with van der Waals surface area (Å²) in [5, 5.41) is 0. The maximum absolute atomic E-state index is 12.9. The van der Waals surface area contributed by atoms with Gasteiger partial charge in [-0.05, 0) is 96.3 Å². The summed E-state index contributed by atoms with van der Waals surface area (Å²) in [6.45, 7) is 6.59. The van der Waals surface area contributed by atoms with Gasteiger partial charge in [-0.25, -0.2) is 0 Å². The highest BCUT2D eigenvalue weighted by atomic mass is 16.6. The van der Waals surface area contributed by atoms with Gasteiger partial charge in [-0.15, -0.1) is 0 Å². The summed E-state index contributed by atoms with van der Waals surface area (Å²) in [6.07, 6.45) is 74.5. The standard InChI is InChI=1S/C64H112O6/c1-4-7-10-13-16-19-22-25-28-30-32-34-36-39-42-45-48-51-54-57-63(66)69-60-61(59-68-62(65)56-53-50-47-44-41-38-27-24-21-18-15-12-9-6-3)70-64(67)58-55-52-49-46-43-40-37-35-33-31-29-26-23-20-17-14-11-8-5-2/h16-17,19-20,25-26,28-29,32-35,61H,4-15,18,21-24,27,30-31,36-60H2,1-3H3/b19-16-,20-17-,28-25-,29-26-,34-32-,35-33-. The molecule has 0 spiro atoms. The van der Waals surface area contributed by atoms with Gasteiger partial charge in [0.25, 0.3) is 0 Å². The van der Waals surface area contributed by atoms with Crippen molar-refractivity contribution in [2.24, 2.45) is 0 Å². The zero-order chi connectivity index (χ0) is 50.7. The Hall–Kier alpha value is -3.15. The van der Waals surface area contributed by atoms with E-state index in [1.165, 1.54) is 154 Å². The van der Waals surface area contributed by atoms with Crippen LogP contribution in [0.2, 0.25) is 0 Å². The molecule has 0 fully saturated rings. The lowest BCUT2D eigenvalue weighted by Gasteiger charge is -2.18. The molecule has 1 unspecified atom stereocenters. The number of allylic oxidation sites excluding steroid dienone is 12. The molecule has 0 aliphatic rings. The monoisotopic (exact) mass is 977 g/mol. The van der Waals surface area contributed by atoms with Crippen LogP contribution in [0.3, 0.4) is 0 Å². The molecular formula is C64H112O6. The van der Waals surface area contributed by atoms with Gasteiger partial charge in [-0.3, -0.25) is 14.4 Å². The molecule has 0 saturated heterocycles. The van der Waals surface area contributed by atoms with Gasteiger partial charge >= 0.3 is 17.9 Å². The molecule has 0 heterocycles. The van der Waals surface area contributed by atoms with Crippen LogP contribution in [0.5, 0.6) is 0 Å². The molecule has 0 aliphatic heterocycles. The molecule has 0 amide bonds. The molecule has 0 N–H and O–H groups in total. The lowest BCUT2D eigenvalue weighted by Crippen LogP contribution is -2.30. The van der Waals surface area contributed by atoms with Crippen molar-refractivity contribution in [3.05, 3.63) is 72.9 Å². The van der Waals surface area contributed by atoms with Crippen molar-refractivity contribution >= 4 is 17.9 Å². The molecule has 0 aromatic heterocycles. The van der Waals surface area contributed by atoms with Crippen LogP contribution in [-0.2, 0) is 28.6 Å². The van der Waals surface area contributed by atoms with Crippen LogP contribution in [0.15, 0.2) is 72.9 Å². The number of ether oxygens (including phenoxy) is 3. The molecule has 0 radical (unpaired) electrons. The molecule has 0 saturated carbocycles. The minimum atomic E-state index is -0.787. The Morgan fingerprint density at radius 2 is 0.514 bits per heavy atom. The molecule has 1 atom stereocenters. The van der Waals surface area contributed by atoms with E-state index < -0.39 is 6.10 Å². The first-order chi connectivity index (χ1) is 34.5. The fraction of sp³-hybridized carbons (Fsp3) is 0.766. The molecular weight excluding hydrogens is 865 g/mol. The highest BCUT2D eigenvalue weighted by Crippen LogP contribution is 2.16. The fourth-order valence-corrected chi connectivity index (χ4v) is 8.40. The first kappa shape index (κ1) is 66.9. The normalized spacial score (nSPS) is 12.6. The Labute approximate surface area is 433 Å². The smallest absolute Gasteiger partial charge is 0.306 e. The fourth-order valence-electron chi connectivity index (χ4n) is 8.40. The van der Waals surface area contributed by atoms with E-state index in [1.54, 1.807) is 0 Å². The average molecular weight is 978 g/mol. The van der Waals surface area contributed by atoms with Crippen LogP contribution in [0.25, 0.3) is 0 Å². The maximum Gasteiger partial charge on any atom is 0.306 e. The van der Waals surface area contributed by atoms with Crippen molar-refractivity contribution in [2.45, 2.75) is 303 Å². The highest BCUT2D eigenvalue weighted by molar-refractivity contribution is 5.71.